The molecule has 0 radical (unpaired) electrons. The lowest BCUT2D eigenvalue weighted by Crippen LogP contribution is -1.82. The lowest BCUT2D eigenvalue weighted by molar-refractivity contribution is 0.449. The Labute approximate surface area is 90.4 Å². The first-order valence-electron chi connectivity index (χ1n) is 4.84. The lowest BCUT2D eigenvalue weighted by Gasteiger charge is -1.97. The second-order valence-electron chi connectivity index (χ2n) is 3.73. The highest BCUT2D eigenvalue weighted by atomic mass is 79.9. The Hall–Kier alpha value is -0.830. The third-order valence-electron chi connectivity index (χ3n) is 2.89. The van der Waals surface area contributed by atoms with Gasteiger partial charge in [0.25, 0.3) is 0 Å². The van der Waals surface area contributed by atoms with E-state index in [9.17, 15) is 0 Å². The van der Waals surface area contributed by atoms with Crippen molar-refractivity contribution in [3.05, 3.63) is 29.0 Å². The minimum Gasteiger partial charge on any atom is -0.356 e. The van der Waals surface area contributed by atoms with Crippen molar-refractivity contribution in [2.45, 2.75) is 24.6 Å². The number of hydrogen-bond donors (Lipinski definition) is 0. The predicted molar refractivity (Wildman–Crippen MR) is 58.7 cm³/mol. The Morgan fingerprint density at radius 2 is 2.07 bits per heavy atom. The average molecular weight is 252 g/mol. The molecule has 14 heavy (non-hydrogen) atoms. The fourth-order valence-electron chi connectivity index (χ4n) is 2.15. The quantitative estimate of drug-likeness (QED) is 0.728. The van der Waals surface area contributed by atoms with Gasteiger partial charge in [0.15, 0.2) is 5.58 Å². The van der Waals surface area contributed by atoms with E-state index in [0.29, 0.717) is 0 Å². The smallest absolute Gasteiger partial charge is 0.167 e. The third-order valence-corrected chi connectivity index (χ3v) is 3.42. The molecule has 0 saturated carbocycles. The molecule has 0 amide bonds. The predicted octanol–water partition coefficient (Wildman–Crippen LogP) is 3.21. The van der Waals surface area contributed by atoms with Gasteiger partial charge >= 0.3 is 0 Å². The number of nitrogens with zero attached hydrogens (tertiary/aromatic N) is 1. The Morgan fingerprint density at radius 3 is 2.86 bits per heavy atom. The molecule has 0 N–H and O–H groups in total. The summed E-state index contributed by atoms with van der Waals surface area (Å²) in [5, 5.41) is 5.96. The molecule has 0 unspecified atom stereocenters. The normalized spacial score (nSPS) is 14.9. The summed E-state index contributed by atoms with van der Waals surface area (Å²) in [7, 11) is 0. The summed E-state index contributed by atoms with van der Waals surface area (Å²) >= 11 is 3.42. The molecule has 0 atom stereocenters. The van der Waals surface area contributed by atoms with Gasteiger partial charge in [-0.1, -0.05) is 21.1 Å². The van der Waals surface area contributed by atoms with E-state index in [4.69, 9.17) is 4.52 Å². The number of fused-ring (bicyclic) bond motifs is 2. The summed E-state index contributed by atoms with van der Waals surface area (Å²) in [6, 6.07) is 4.39. The molecule has 1 aliphatic rings. The van der Waals surface area contributed by atoms with Crippen LogP contribution in [0.1, 0.15) is 23.2 Å². The van der Waals surface area contributed by atoms with E-state index in [-0.39, 0.29) is 0 Å². The molecule has 1 aromatic carbocycles. The van der Waals surface area contributed by atoms with Crippen molar-refractivity contribution >= 4 is 26.9 Å². The monoisotopic (exact) mass is 251 g/mol. The topological polar surface area (TPSA) is 26.0 Å². The zero-order chi connectivity index (χ0) is 9.54. The minimum atomic E-state index is 0.763. The summed E-state index contributed by atoms with van der Waals surface area (Å²) in [5.41, 5.74) is 4.85. The van der Waals surface area contributed by atoms with Gasteiger partial charge in [-0.25, -0.2) is 0 Å². The van der Waals surface area contributed by atoms with Crippen molar-refractivity contribution in [2.75, 3.05) is 0 Å². The first kappa shape index (κ1) is 8.48. The Bertz CT molecular complexity index is 489. The van der Waals surface area contributed by atoms with Crippen molar-refractivity contribution in [3.8, 4) is 0 Å². The second kappa shape index (κ2) is 3.09. The number of rotatable bonds is 1. The van der Waals surface area contributed by atoms with Crippen molar-refractivity contribution in [3.63, 3.8) is 0 Å². The van der Waals surface area contributed by atoms with E-state index in [0.717, 1.165) is 16.6 Å². The summed E-state index contributed by atoms with van der Waals surface area (Å²) in [6.07, 6.45) is 3.67. The molecule has 2 nitrogen and oxygen atoms in total. The zero-order valence-corrected chi connectivity index (χ0v) is 9.30. The molecule has 0 spiro atoms. The Balaban J connectivity index is 2.30. The molecular weight excluding hydrogens is 242 g/mol. The molecule has 1 aliphatic carbocycles. The van der Waals surface area contributed by atoms with Crippen molar-refractivity contribution in [1.29, 1.82) is 0 Å². The summed E-state index contributed by atoms with van der Waals surface area (Å²) in [5.74, 6) is 0. The van der Waals surface area contributed by atoms with Gasteiger partial charge in [0.05, 0.1) is 0 Å². The molecule has 0 saturated heterocycles. The number of alkyl halides is 1. The van der Waals surface area contributed by atoms with Crippen LogP contribution in [0.3, 0.4) is 0 Å². The highest BCUT2D eigenvalue weighted by Crippen LogP contribution is 2.29. The van der Waals surface area contributed by atoms with Crippen molar-refractivity contribution < 1.29 is 4.52 Å². The Kier molecular flexibility index (Phi) is 1.87. The van der Waals surface area contributed by atoms with Crippen molar-refractivity contribution in [2.24, 2.45) is 0 Å². The number of hydrogen-bond acceptors (Lipinski definition) is 2. The van der Waals surface area contributed by atoms with Crippen molar-refractivity contribution in [1.82, 2.24) is 5.16 Å². The number of halogens is 1. The second-order valence-corrected chi connectivity index (χ2v) is 4.29. The first-order valence-corrected chi connectivity index (χ1v) is 5.96. The molecule has 3 rings (SSSR count). The highest BCUT2D eigenvalue weighted by Gasteiger charge is 2.15. The van der Waals surface area contributed by atoms with Crippen LogP contribution in [0.4, 0.5) is 0 Å². The SMILES string of the molecule is BrCc1noc2cc3c(cc12)CCC3. The van der Waals surface area contributed by atoms with Gasteiger partial charge < -0.3 is 4.52 Å². The van der Waals surface area contributed by atoms with Crippen LogP contribution in [0, 0.1) is 0 Å². The molecule has 1 aromatic heterocycles. The third kappa shape index (κ3) is 1.12. The minimum absolute atomic E-state index is 0.763. The fourth-order valence-corrected chi connectivity index (χ4v) is 2.56. The molecule has 1 heterocycles. The van der Waals surface area contributed by atoms with Crippen LogP contribution < -0.4 is 0 Å². The molecule has 0 bridgehead atoms. The van der Waals surface area contributed by atoms with Gasteiger partial charge in [0.2, 0.25) is 0 Å². The van der Waals surface area contributed by atoms with E-state index >= 15 is 0 Å². The average Bonchev–Trinajstić information content (AvgIpc) is 2.78. The van der Waals surface area contributed by atoms with E-state index in [1.54, 1.807) is 0 Å². The highest BCUT2D eigenvalue weighted by molar-refractivity contribution is 9.08. The van der Waals surface area contributed by atoms with Gasteiger partial charge in [0.1, 0.15) is 5.69 Å². The molecule has 0 fully saturated rings. The first-order chi connectivity index (χ1) is 6.88. The van der Waals surface area contributed by atoms with Crippen LogP contribution >= 0.6 is 15.9 Å². The van der Waals surface area contributed by atoms with Crippen LogP contribution in [0.5, 0.6) is 0 Å². The Morgan fingerprint density at radius 1 is 1.29 bits per heavy atom. The zero-order valence-electron chi connectivity index (χ0n) is 7.72. The summed E-state index contributed by atoms with van der Waals surface area (Å²) in [4.78, 5) is 0. The molecule has 72 valence electrons. The molecule has 3 heteroatoms. The van der Waals surface area contributed by atoms with E-state index in [2.05, 4.69) is 33.2 Å². The maximum absolute atomic E-state index is 5.29. The molecular formula is C11H10BrNO. The number of aryl methyl sites for hydroxylation is 2. The van der Waals surface area contributed by atoms with Gasteiger partial charge in [-0.2, -0.15) is 0 Å². The lowest BCUT2D eigenvalue weighted by atomic mass is 10.1. The fraction of sp³-hybridized carbons (Fsp3) is 0.364. The largest absolute Gasteiger partial charge is 0.356 e. The van der Waals surface area contributed by atoms with Gasteiger partial charge in [-0.05, 0) is 42.5 Å². The number of aromatic nitrogens is 1. The van der Waals surface area contributed by atoms with Crippen LogP contribution in [-0.4, -0.2) is 5.16 Å². The van der Waals surface area contributed by atoms with Crippen LogP contribution in [0.15, 0.2) is 16.7 Å². The van der Waals surface area contributed by atoms with E-state index in [1.165, 1.54) is 35.8 Å². The van der Waals surface area contributed by atoms with Gasteiger partial charge in [-0.3, -0.25) is 0 Å². The maximum Gasteiger partial charge on any atom is 0.167 e. The molecule has 2 aromatic rings. The standard InChI is InChI=1S/C11H10BrNO/c12-6-10-9-4-7-2-1-3-8(7)5-11(9)14-13-10/h4-5H,1-3,6H2. The summed E-state index contributed by atoms with van der Waals surface area (Å²) < 4.78 is 5.29. The van der Waals surface area contributed by atoms with E-state index < -0.39 is 0 Å². The number of benzene rings is 1. The van der Waals surface area contributed by atoms with Crippen LogP contribution in [0.2, 0.25) is 0 Å². The molecule has 0 aliphatic heterocycles. The summed E-state index contributed by atoms with van der Waals surface area (Å²) in [6.45, 7) is 0. The maximum atomic E-state index is 5.29. The van der Waals surface area contributed by atoms with Gasteiger partial charge in [-0.15, -0.1) is 0 Å². The van der Waals surface area contributed by atoms with E-state index in [1.807, 2.05) is 0 Å². The van der Waals surface area contributed by atoms with Crippen LogP contribution in [-0.2, 0) is 18.2 Å². The van der Waals surface area contributed by atoms with Gasteiger partial charge in [0, 0.05) is 10.7 Å². The van der Waals surface area contributed by atoms with Crippen LogP contribution in [0.25, 0.3) is 11.0 Å².